The van der Waals surface area contributed by atoms with E-state index in [2.05, 4.69) is 0 Å². The third-order valence-electron chi connectivity index (χ3n) is 4.25. The van der Waals surface area contributed by atoms with Crippen LogP contribution in [0.4, 0.5) is 4.79 Å². The molecule has 0 heterocycles. The molecule has 1 amide bonds. The highest BCUT2D eigenvalue weighted by atomic mass is 16.6. The number of rotatable bonds is 8. The highest BCUT2D eigenvalue weighted by molar-refractivity contribution is 5.83. The molecule has 0 saturated heterocycles. The molecule has 1 aliphatic rings. The molecular formula is C21H29NO6. The summed E-state index contributed by atoms with van der Waals surface area (Å²) in [6.45, 7) is 4.90. The number of hydrogen-bond donors (Lipinski definition) is 0. The van der Waals surface area contributed by atoms with Crippen LogP contribution in [0.2, 0.25) is 0 Å². The van der Waals surface area contributed by atoms with E-state index in [1.54, 1.807) is 20.8 Å². The number of amides is 1. The minimum Gasteiger partial charge on any atom is -0.458 e. The number of likely N-dealkylation sites (N-methyl/N-ethyl adjacent to an activating group) is 1. The van der Waals surface area contributed by atoms with Crippen LogP contribution in [0.1, 0.15) is 45.6 Å². The van der Waals surface area contributed by atoms with Crippen LogP contribution in [0.15, 0.2) is 30.3 Å². The Morgan fingerprint density at radius 1 is 1.11 bits per heavy atom. The topological polar surface area (TPSA) is 82.1 Å². The molecule has 0 N–H and O–H groups in total. The van der Waals surface area contributed by atoms with Crippen molar-refractivity contribution in [2.45, 2.75) is 58.3 Å². The second kappa shape index (κ2) is 9.57. The number of esters is 2. The second-order valence-electron chi connectivity index (χ2n) is 8.04. The lowest BCUT2D eigenvalue weighted by Crippen LogP contribution is -2.46. The van der Waals surface area contributed by atoms with E-state index in [-0.39, 0.29) is 6.61 Å². The van der Waals surface area contributed by atoms with Crippen molar-refractivity contribution in [1.82, 2.24) is 4.90 Å². The second-order valence-corrected chi connectivity index (χ2v) is 8.04. The SMILES string of the molecule is CN(C(=O)OC(C)(C)C)C(CC1CC1)C(=O)OCC(=O)OCc1ccccc1. The summed E-state index contributed by atoms with van der Waals surface area (Å²) >= 11 is 0. The molecule has 7 heteroatoms. The van der Waals surface area contributed by atoms with Crippen LogP contribution in [0, 0.1) is 5.92 Å². The molecule has 1 aliphatic carbocycles. The Kier molecular flexibility index (Phi) is 7.43. The lowest BCUT2D eigenvalue weighted by molar-refractivity contribution is -0.162. The molecule has 1 atom stereocenters. The third kappa shape index (κ3) is 7.58. The molecule has 1 unspecified atom stereocenters. The highest BCUT2D eigenvalue weighted by Gasteiger charge is 2.36. The van der Waals surface area contributed by atoms with Crippen LogP contribution in [-0.4, -0.2) is 48.2 Å². The van der Waals surface area contributed by atoms with Gasteiger partial charge in [0.05, 0.1) is 0 Å². The molecule has 1 saturated carbocycles. The molecule has 1 aromatic rings. The number of benzene rings is 1. The van der Waals surface area contributed by atoms with E-state index in [0.717, 1.165) is 18.4 Å². The van der Waals surface area contributed by atoms with E-state index in [0.29, 0.717) is 12.3 Å². The van der Waals surface area contributed by atoms with Gasteiger partial charge in [-0.3, -0.25) is 4.90 Å². The molecule has 154 valence electrons. The molecule has 1 fully saturated rings. The van der Waals surface area contributed by atoms with Gasteiger partial charge in [-0.05, 0) is 38.7 Å². The van der Waals surface area contributed by atoms with Gasteiger partial charge in [0.2, 0.25) is 0 Å². The molecule has 28 heavy (non-hydrogen) atoms. The third-order valence-corrected chi connectivity index (χ3v) is 4.25. The van der Waals surface area contributed by atoms with E-state index in [1.165, 1.54) is 11.9 Å². The zero-order valence-electron chi connectivity index (χ0n) is 17.0. The quantitative estimate of drug-likeness (QED) is 0.499. The first-order valence-electron chi connectivity index (χ1n) is 9.47. The van der Waals surface area contributed by atoms with Gasteiger partial charge < -0.3 is 14.2 Å². The number of carbonyl (C=O) groups is 3. The Morgan fingerprint density at radius 2 is 1.75 bits per heavy atom. The van der Waals surface area contributed by atoms with E-state index in [1.807, 2.05) is 30.3 Å². The van der Waals surface area contributed by atoms with Crippen molar-refractivity contribution in [3.05, 3.63) is 35.9 Å². The summed E-state index contributed by atoms with van der Waals surface area (Å²) in [4.78, 5) is 37.9. The first-order valence-corrected chi connectivity index (χ1v) is 9.47. The van der Waals surface area contributed by atoms with E-state index in [9.17, 15) is 14.4 Å². The van der Waals surface area contributed by atoms with Crippen molar-refractivity contribution in [1.29, 1.82) is 0 Å². The standard InChI is InChI=1S/C21H29NO6/c1-21(2,3)28-20(25)22(4)17(12-15-10-11-15)19(24)27-14-18(23)26-13-16-8-6-5-7-9-16/h5-9,15,17H,10-14H2,1-4H3. The van der Waals surface area contributed by atoms with Gasteiger partial charge in [-0.1, -0.05) is 43.2 Å². The largest absolute Gasteiger partial charge is 0.458 e. The van der Waals surface area contributed by atoms with Crippen molar-refractivity contribution in [3.8, 4) is 0 Å². The van der Waals surface area contributed by atoms with E-state index >= 15 is 0 Å². The lowest BCUT2D eigenvalue weighted by atomic mass is 10.1. The number of carbonyl (C=O) groups excluding carboxylic acids is 3. The normalized spacial score (nSPS) is 14.7. The van der Waals surface area contributed by atoms with E-state index in [4.69, 9.17) is 14.2 Å². The maximum Gasteiger partial charge on any atom is 0.410 e. The monoisotopic (exact) mass is 391 g/mol. The van der Waals surface area contributed by atoms with Crippen LogP contribution < -0.4 is 0 Å². The average Bonchev–Trinajstić information content (AvgIpc) is 3.45. The maximum absolute atomic E-state index is 12.5. The predicted molar refractivity (Wildman–Crippen MR) is 102 cm³/mol. The fourth-order valence-corrected chi connectivity index (χ4v) is 2.55. The van der Waals surface area contributed by atoms with Gasteiger partial charge in [0.1, 0.15) is 18.2 Å². The molecule has 0 radical (unpaired) electrons. The fraction of sp³-hybridized carbons (Fsp3) is 0.571. The summed E-state index contributed by atoms with van der Waals surface area (Å²) in [7, 11) is 1.51. The number of ether oxygens (including phenoxy) is 3. The average molecular weight is 391 g/mol. The van der Waals surface area contributed by atoms with Crippen LogP contribution in [0.25, 0.3) is 0 Å². The van der Waals surface area contributed by atoms with E-state index < -0.39 is 36.3 Å². The molecule has 0 spiro atoms. The molecule has 0 aliphatic heterocycles. The maximum atomic E-state index is 12.5. The summed E-state index contributed by atoms with van der Waals surface area (Å²) < 4.78 is 15.6. The van der Waals surface area contributed by atoms with Gasteiger partial charge in [0.15, 0.2) is 6.61 Å². The van der Waals surface area contributed by atoms with Crippen molar-refractivity contribution >= 4 is 18.0 Å². The molecule has 0 bridgehead atoms. The Morgan fingerprint density at radius 3 is 2.32 bits per heavy atom. The Balaban J connectivity index is 1.85. The van der Waals surface area contributed by atoms with Crippen molar-refractivity contribution in [3.63, 3.8) is 0 Å². The Bertz CT molecular complexity index is 678. The number of nitrogens with zero attached hydrogens (tertiary/aromatic N) is 1. The van der Waals surface area contributed by atoms with Gasteiger partial charge in [-0.15, -0.1) is 0 Å². The van der Waals surface area contributed by atoms with Gasteiger partial charge >= 0.3 is 18.0 Å². The first-order chi connectivity index (χ1) is 13.2. The fourth-order valence-electron chi connectivity index (χ4n) is 2.55. The minimum absolute atomic E-state index is 0.112. The van der Waals surface area contributed by atoms with Crippen LogP contribution in [0.3, 0.4) is 0 Å². The van der Waals surface area contributed by atoms with Crippen molar-refractivity contribution < 1.29 is 28.6 Å². The summed E-state index contributed by atoms with van der Waals surface area (Å²) in [6.07, 6.45) is 1.94. The Labute approximate surface area is 165 Å². The number of hydrogen-bond acceptors (Lipinski definition) is 6. The summed E-state index contributed by atoms with van der Waals surface area (Å²) in [5.41, 5.74) is 0.180. The summed E-state index contributed by atoms with van der Waals surface area (Å²) in [5.74, 6) is -0.883. The Hall–Kier alpha value is -2.57. The molecule has 2 rings (SSSR count). The zero-order chi connectivity index (χ0) is 20.7. The smallest absolute Gasteiger partial charge is 0.410 e. The zero-order valence-corrected chi connectivity index (χ0v) is 17.0. The van der Waals surface area contributed by atoms with Crippen LogP contribution in [0.5, 0.6) is 0 Å². The van der Waals surface area contributed by atoms with Gasteiger partial charge in [0, 0.05) is 7.05 Å². The molecule has 1 aromatic carbocycles. The van der Waals surface area contributed by atoms with Crippen LogP contribution >= 0.6 is 0 Å². The van der Waals surface area contributed by atoms with Crippen LogP contribution in [-0.2, 0) is 30.4 Å². The molecule has 7 nitrogen and oxygen atoms in total. The van der Waals surface area contributed by atoms with Gasteiger partial charge in [0.25, 0.3) is 0 Å². The molecular weight excluding hydrogens is 362 g/mol. The van der Waals surface area contributed by atoms with Gasteiger partial charge in [-0.2, -0.15) is 0 Å². The van der Waals surface area contributed by atoms with Crippen molar-refractivity contribution in [2.24, 2.45) is 5.92 Å². The lowest BCUT2D eigenvalue weighted by Gasteiger charge is -2.29. The summed E-state index contributed by atoms with van der Waals surface area (Å²) in [6, 6.07) is 8.44. The van der Waals surface area contributed by atoms with Gasteiger partial charge in [-0.25, -0.2) is 14.4 Å². The van der Waals surface area contributed by atoms with Crippen molar-refractivity contribution in [2.75, 3.05) is 13.7 Å². The predicted octanol–water partition coefficient (Wildman–Crippen LogP) is 3.31. The first kappa shape index (κ1) is 21.7. The minimum atomic E-state index is -0.788. The highest BCUT2D eigenvalue weighted by Crippen LogP contribution is 2.35. The molecule has 0 aromatic heterocycles. The summed E-state index contributed by atoms with van der Waals surface area (Å²) in [5, 5.41) is 0.